The summed E-state index contributed by atoms with van der Waals surface area (Å²) in [6, 6.07) is 4.95. The highest BCUT2D eigenvalue weighted by atomic mass is 35.5. The van der Waals surface area contributed by atoms with Gasteiger partial charge in [0.15, 0.2) is 6.29 Å². The molecule has 0 aliphatic carbocycles. The van der Waals surface area contributed by atoms with Crippen LogP contribution in [0.3, 0.4) is 0 Å². The van der Waals surface area contributed by atoms with Gasteiger partial charge in [0, 0.05) is 5.56 Å². The Morgan fingerprint density at radius 1 is 1.50 bits per heavy atom. The zero-order valence-corrected chi connectivity index (χ0v) is 5.93. The largest absolute Gasteiger partial charge is 0.398 e. The standard InChI is InChI=1S/C7H6ClNO/c8-7-5(4-10)2-1-3-6(7)9/h1-4H,9H2. The number of carbonyl (C=O) groups excluding carboxylic acids is 1. The Morgan fingerprint density at radius 3 is 2.70 bits per heavy atom. The summed E-state index contributed by atoms with van der Waals surface area (Å²) in [4.78, 5) is 10.2. The van der Waals surface area contributed by atoms with Crippen LogP contribution in [0.1, 0.15) is 10.4 Å². The van der Waals surface area contributed by atoms with E-state index in [1.807, 2.05) is 0 Å². The van der Waals surface area contributed by atoms with Gasteiger partial charge in [-0.25, -0.2) is 0 Å². The Morgan fingerprint density at radius 2 is 2.20 bits per heavy atom. The van der Waals surface area contributed by atoms with E-state index in [-0.39, 0.29) is 0 Å². The minimum absolute atomic E-state index is 0.331. The number of benzene rings is 1. The number of hydrogen-bond acceptors (Lipinski definition) is 2. The lowest BCUT2D eigenvalue weighted by molar-refractivity contribution is 0.112. The van der Waals surface area contributed by atoms with Gasteiger partial charge >= 0.3 is 0 Å². The molecule has 1 rings (SSSR count). The van der Waals surface area contributed by atoms with Crippen LogP contribution < -0.4 is 5.73 Å². The fourth-order valence-electron chi connectivity index (χ4n) is 0.659. The summed E-state index contributed by atoms with van der Waals surface area (Å²) in [5.41, 5.74) is 6.27. The minimum Gasteiger partial charge on any atom is -0.398 e. The highest BCUT2D eigenvalue weighted by molar-refractivity contribution is 6.35. The van der Waals surface area contributed by atoms with E-state index < -0.39 is 0 Å². The molecule has 3 heteroatoms. The highest BCUT2D eigenvalue weighted by Crippen LogP contribution is 2.20. The molecule has 0 saturated carbocycles. The third-order valence-corrected chi connectivity index (χ3v) is 1.62. The van der Waals surface area contributed by atoms with Gasteiger partial charge in [-0.2, -0.15) is 0 Å². The summed E-state index contributed by atoms with van der Waals surface area (Å²) in [5, 5.41) is 0.331. The van der Waals surface area contributed by atoms with Crippen LogP contribution in [0.4, 0.5) is 5.69 Å². The quantitative estimate of drug-likeness (QED) is 0.496. The number of hydrogen-bond donors (Lipinski definition) is 1. The van der Waals surface area contributed by atoms with Crippen molar-refractivity contribution in [2.24, 2.45) is 0 Å². The molecule has 0 fully saturated rings. The summed E-state index contributed by atoms with van der Waals surface area (Å²) >= 11 is 5.64. The second-order valence-electron chi connectivity index (χ2n) is 1.87. The first-order chi connectivity index (χ1) is 4.75. The lowest BCUT2D eigenvalue weighted by Crippen LogP contribution is -1.89. The fraction of sp³-hybridized carbons (Fsp3) is 0. The number of anilines is 1. The van der Waals surface area contributed by atoms with Crippen LogP contribution in [0.15, 0.2) is 18.2 Å². The SMILES string of the molecule is Nc1cccc(C=O)c1Cl. The zero-order chi connectivity index (χ0) is 7.56. The van der Waals surface area contributed by atoms with Crippen molar-refractivity contribution >= 4 is 23.6 Å². The van der Waals surface area contributed by atoms with Gasteiger partial charge in [0.25, 0.3) is 0 Å². The Balaban J connectivity index is 3.27. The molecule has 0 aliphatic rings. The average Bonchev–Trinajstić information content (AvgIpc) is 1.95. The van der Waals surface area contributed by atoms with Crippen molar-refractivity contribution in [3.8, 4) is 0 Å². The van der Waals surface area contributed by atoms with E-state index in [0.29, 0.717) is 22.6 Å². The van der Waals surface area contributed by atoms with Gasteiger partial charge in [0.1, 0.15) is 0 Å². The molecule has 0 unspecified atom stereocenters. The summed E-state index contributed by atoms with van der Waals surface area (Å²) < 4.78 is 0. The topological polar surface area (TPSA) is 43.1 Å². The fourth-order valence-corrected chi connectivity index (χ4v) is 0.830. The maximum atomic E-state index is 10.2. The number of nitrogens with two attached hydrogens (primary N) is 1. The number of carbonyl (C=O) groups is 1. The Labute approximate surface area is 63.6 Å². The third kappa shape index (κ3) is 1.11. The molecule has 1 aromatic rings. The van der Waals surface area contributed by atoms with Crippen LogP contribution in [-0.4, -0.2) is 6.29 Å². The van der Waals surface area contributed by atoms with E-state index in [2.05, 4.69) is 0 Å². The molecule has 0 heterocycles. The molecule has 0 amide bonds. The monoisotopic (exact) mass is 155 g/mol. The van der Waals surface area contributed by atoms with Crippen LogP contribution in [0.5, 0.6) is 0 Å². The van der Waals surface area contributed by atoms with Crippen molar-refractivity contribution in [1.29, 1.82) is 0 Å². The van der Waals surface area contributed by atoms with Gasteiger partial charge < -0.3 is 5.73 Å². The average molecular weight is 156 g/mol. The molecule has 0 spiro atoms. The first kappa shape index (κ1) is 7.09. The molecular weight excluding hydrogens is 150 g/mol. The van der Waals surface area contributed by atoms with E-state index in [4.69, 9.17) is 17.3 Å². The summed E-state index contributed by atoms with van der Waals surface area (Å²) in [6.07, 6.45) is 0.679. The second kappa shape index (κ2) is 2.71. The van der Waals surface area contributed by atoms with E-state index in [1.54, 1.807) is 18.2 Å². The van der Waals surface area contributed by atoms with Crippen molar-refractivity contribution in [1.82, 2.24) is 0 Å². The molecular formula is C7H6ClNO. The molecule has 1 aromatic carbocycles. The molecule has 0 radical (unpaired) electrons. The molecule has 2 N–H and O–H groups in total. The van der Waals surface area contributed by atoms with Crippen molar-refractivity contribution in [3.05, 3.63) is 28.8 Å². The second-order valence-corrected chi connectivity index (χ2v) is 2.25. The van der Waals surface area contributed by atoms with Gasteiger partial charge in [-0.1, -0.05) is 23.7 Å². The molecule has 0 saturated heterocycles. The molecule has 0 atom stereocenters. The van der Waals surface area contributed by atoms with Crippen LogP contribution in [-0.2, 0) is 0 Å². The smallest absolute Gasteiger partial charge is 0.151 e. The lowest BCUT2D eigenvalue weighted by Gasteiger charge is -1.97. The first-order valence-corrected chi connectivity index (χ1v) is 3.12. The maximum Gasteiger partial charge on any atom is 0.151 e. The van der Waals surface area contributed by atoms with Crippen molar-refractivity contribution in [3.63, 3.8) is 0 Å². The highest BCUT2D eigenvalue weighted by Gasteiger charge is 1.99. The van der Waals surface area contributed by atoms with Gasteiger partial charge in [-0.15, -0.1) is 0 Å². The van der Waals surface area contributed by atoms with E-state index in [1.165, 1.54) is 0 Å². The normalized spacial score (nSPS) is 9.30. The minimum atomic E-state index is 0.331. The van der Waals surface area contributed by atoms with Crippen molar-refractivity contribution < 1.29 is 4.79 Å². The predicted octanol–water partition coefficient (Wildman–Crippen LogP) is 1.73. The van der Waals surface area contributed by atoms with Gasteiger partial charge in [-0.3, -0.25) is 4.79 Å². The third-order valence-electron chi connectivity index (χ3n) is 1.19. The Kier molecular flexibility index (Phi) is 1.92. The Hall–Kier alpha value is -1.02. The van der Waals surface area contributed by atoms with Gasteiger partial charge in [-0.05, 0) is 6.07 Å². The number of nitrogen functional groups attached to an aromatic ring is 1. The van der Waals surface area contributed by atoms with E-state index >= 15 is 0 Å². The Bertz CT molecular complexity index is 260. The molecule has 2 nitrogen and oxygen atoms in total. The first-order valence-electron chi connectivity index (χ1n) is 2.75. The van der Waals surface area contributed by atoms with Gasteiger partial charge in [0.2, 0.25) is 0 Å². The van der Waals surface area contributed by atoms with Crippen LogP contribution in [0.25, 0.3) is 0 Å². The maximum absolute atomic E-state index is 10.2. The lowest BCUT2D eigenvalue weighted by atomic mass is 10.2. The van der Waals surface area contributed by atoms with E-state index in [0.717, 1.165) is 0 Å². The summed E-state index contributed by atoms with van der Waals surface area (Å²) in [6.45, 7) is 0. The van der Waals surface area contributed by atoms with Crippen LogP contribution >= 0.6 is 11.6 Å². The molecule has 10 heavy (non-hydrogen) atoms. The zero-order valence-electron chi connectivity index (χ0n) is 5.17. The molecule has 0 bridgehead atoms. The number of aldehydes is 1. The van der Waals surface area contributed by atoms with E-state index in [9.17, 15) is 4.79 Å². The molecule has 0 aliphatic heterocycles. The van der Waals surface area contributed by atoms with Crippen molar-refractivity contribution in [2.45, 2.75) is 0 Å². The number of halogens is 1. The number of rotatable bonds is 1. The molecule has 0 aromatic heterocycles. The van der Waals surface area contributed by atoms with Gasteiger partial charge in [0.05, 0.1) is 10.7 Å². The summed E-state index contributed by atoms with van der Waals surface area (Å²) in [7, 11) is 0. The summed E-state index contributed by atoms with van der Waals surface area (Å²) in [5.74, 6) is 0. The molecule has 52 valence electrons. The predicted molar refractivity (Wildman–Crippen MR) is 41.3 cm³/mol. The van der Waals surface area contributed by atoms with Crippen LogP contribution in [0.2, 0.25) is 5.02 Å². The van der Waals surface area contributed by atoms with Crippen LogP contribution in [0, 0.1) is 0 Å². The van der Waals surface area contributed by atoms with Crippen molar-refractivity contribution in [2.75, 3.05) is 5.73 Å².